The number of aliphatic carboxylic acids is 1. The number of hydrogen-bond acceptors (Lipinski definition) is 1. The predicted molar refractivity (Wildman–Crippen MR) is 41.3 cm³/mol. The summed E-state index contributed by atoms with van der Waals surface area (Å²) in [5.41, 5.74) is -2.55. The van der Waals surface area contributed by atoms with Crippen molar-refractivity contribution in [2.45, 2.75) is 39.3 Å². The van der Waals surface area contributed by atoms with Gasteiger partial charge in [-0.2, -0.15) is 13.2 Å². The Morgan fingerprint density at radius 3 is 1.85 bits per heavy atom. The summed E-state index contributed by atoms with van der Waals surface area (Å²) in [6, 6.07) is 0. The van der Waals surface area contributed by atoms with E-state index in [1.54, 1.807) is 6.92 Å². The average Bonchev–Trinajstić information content (AvgIpc) is 1.96. The van der Waals surface area contributed by atoms with Crippen molar-refractivity contribution in [1.82, 2.24) is 0 Å². The van der Waals surface area contributed by atoms with Crippen LogP contribution in [0.4, 0.5) is 13.2 Å². The SMILES string of the molecule is CCCC(CC)(C(=O)O)C(F)(F)F. The minimum Gasteiger partial charge on any atom is -0.481 e. The highest BCUT2D eigenvalue weighted by Gasteiger charge is 2.58. The van der Waals surface area contributed by atoms with Crippen molar-refractivity contribution >= 4 is 5.97 Å². The minimum atomic E-state index is -4.66. The Hall–Kier alpha value is -0.740. The normalized spacial score (nSPS) is 16.7. The Morgan fingerprint density at radius 2 is 1.77 bits per heavy atom. The van der Waals surface area contributed by atoms with Crippen molar-refractivity contribution in [1.29, 1.82) is 0 Å². The molecule has 0 heterocycles. The molecule has 0 rings (SSSR count). The molecule has 1 N–H and O–H groups in total. The molecule has 5 heteroatoms. The van der Waals surface area contributed by atoms with Crippen LogP contribution in [0.3, 0.4) is 0 Å². The molecule has 0 saturated heterocycles. The highest BCUT2D eigenvalue weighted by Crippen LogP contribution is 2.44. The van der Waals surface area contributed by atoms with E-state index in [0.717, 1.165) is 0 Å². The van der Waals surface area contributed by atoms with Crippen molar-refractivity contribution in [3.8, 4) is 0 Å². The molecule has 0 aromatic rings. The first-order chi connectivity index (χ1) is 5.81. The third-order valence-electron chi connectivity index (χ3n) is 2.23. The van der Waals surface area contributed by atoms with Gasteiger partial charge in [0.2, 0.25) is 0 Å². The van der Waals surface area contributed by atoms with Gasteiger partial charge in [0.05, 0.1) is 0 Å². The lowest BCUT2D eigenvalue weighted by Gasteiger charge is -2.30. The Bertz CT molecular complexity index is 188. The van der Waals surface area contributed by atoms with Gasteiger partial charge in [0.15, 0.2) is 5.41 Å². The van der Waals surface area contributed by atoms with Crippen molar-refractivity contribution in [3.63, 3.8) is 0 Å². The maximum Gasteiger partial charge on any atom is 0.404 e. The fourth-order valence-corrected chi connectivity index (χ4v) is 1.33. The van der Waals surface area contributed by atoms with Crippen molar-refractivity contribution < 1.29 is 23.1 Å². The zero-order valence-corrected chi connectivity index (χ0v) is 7.61. The molecule has 0 fully saturated rings. The van der Waals surface area contributed by atoms with Gasteiger partial charge < -0.3 is 5.11 Å². The topological polar surface area (TPSA) is 37.3 Å². The van der Waals surface area contributed by atoms with Gasteiger partial charge in [0, 0.05) is 0 Å². The first-order valence-electron chi connectivity index (χ1n) is 4.12. The number of hydrogen-bond donors (Lipinski definition) is 1. The van der Waals surface area contributed by atoms with Crippen LogP contribution < -0.4 is 0 Å². The monoisotopic (exact) mass is 198 g/mol. The van der Waals surface area contributed by atoms with Gasteiger partial charge in [-0.05, 0) is 12.8 Å². The second-order valence-electron chi connectivity index (χ2n) is 2.99. The average molecular weight is 198 g/mol. The summed E-state index contributed by atoms with van der Waals surface area (Å²) in [5, 5.41) is 8.57. The lowest BCUT2D eigenvalue weighted by atomic mass is 9.80. The molecule has 0 aromatic heterocycles. The molecular formula is C8H13F3O2. The largest absolute Gasteiger partial charge is 0.481 e. The van der Waals surface area contributed by atoms with E-state index in [1.165, 1.54) is 6.92 Å². The molecule has 2 nitrogen and oxygen atoms in total. The van der Waals surface area contributed by atoms with E-state index in [4.69, 9.17) is 5.11 Å². The van der Waals surface area contributed by atoms with Gasteiger partial charge in [-0.15, -0.1) is 0 Å². The fourth-order valence-electron chi connectivity index (χ4n) is 1.33. The predicted octanol–water partition coefficient (Wildman–Crippen LogP) is 2.83. The fraction of sp³-hybridized carbons (Fsp3) is 0.875. The Kier molecular flexibility index (Phi) is 3.75. The van der Waals surface area contributed by atoms with Gasteiger partial charge in [-0.3, -0.25) is 4.79 Å². The minimum absolute atomic E-state index is 0.208. The van der Waals surface area contributed by atoms with E-state index in [2.05, 4.69) is 0 Å². The molecule has 1 atom stereocenters. The molecule has 0 radical (unpaired) electrons. The van der Waals surface area contributed by atoms with Crippen LogP contribution in [0.1, 0.15) is 33.1 Å². The molecule has 13 heavy (non-hydrogen) atoms. The van der Waals surface area contributed by atoms with Crippen LogP contribution >= 0.6 is 0 Å². The molecule has 0 amide bonds. The van der Waals surface area contributed by atoms with Crippen LogP contribution in [0, 0.1) is 5.41 Å². The number of halogens is 3. The number of rotatable bonds is 4. The second-order valence-corrected chi connectivity index (χ2v) is 2.99. The molecule has 0 aliphatic heterocycles. The molecule has 0 bridgehead atoms. The Balaban J connectivity index is 4.98. The summed E-state index contributed by atoms with van der Waals surface area (Å²) in [6.45, 7) is 2.79. The summed E-state index contributed by atoms with van der Waals surface area (Å²) >= 11 is 0. The van der Waals surface area contributed by atoms with Gasteiger partial charge in [0.25, 0.3) is 0 Å². The van der Waals surface area contributed by atoms with Crippen LogP contribution in [0.25, 0.3) is 0 Å². The maximum atomic E-state index is 12.4. The smallest absolute Gasteiger partial charge is 0.404 e. The van der Waals surface area contributed by atoms with Crippen LogP contribution in [-0.2, 0) is 4.79 Å². The van der Waals surface area contributed by atoms with Crippen LogP contribution in [0.15, 0.2) is 0 Å². The molecule has 78 valence electrons. The molecule has 0 aliphatic rings. The van der Waals surface area contributed by atoms with Crippen LogP contribution in [-0.4, -0.2) is 17.3 Å². The van der Waals surface area contributed by atoms with Crippen molar-refractivity contribution in [2.75, 3.05) is 0 Å². The van der Waals surface area contributed by atoms with Gasteiger partial charge in [-0.25, -0.2) is 0 Å². The van der Waals surface area contributed by atoms with Gasteiger partial charge >= 0.3 is 12.1 Å². The standard InChI is InChI=1S/C8H13F3O2/c1-3-5-7(4-2,6(12)13)8(9,10)11/h3-5H2,1-2H3,(H,12,13). The van der Waals surface area contributed by atoms with E-state index in [9.17, 15) is 18.0 Å². The quantitative estimate of drug-likeness (QED) is 0.754. The Morgan fingerprint density at radius 1 is 1.31 bits per heavy atom. The number of alkyl halides is 3. The zero-order chi connectivity index (χ0) is 10.7. The molecule has 0 spiro atoms. The third-order valence-corrected chi connectivity index (χ3v) is 2.23. The first kappa shape index (κ1) is 12.3. The molecule has 0 aliphatic carbocycles. The van der Waals surface area contributed by atoms with E-state index in [0.29, 0.717) is 0 Å². The summed E-state index contributed by atoms with van der Waals surface area (Å²) in [7, 11) is 0. The van der Waals surface area contributed by atoms with E-state index in [-0.39, 0.29) is 12.8 Å². The Labute approximate surface area is 74.7 Å². The van der Waals surface area contributed by atoms with Crippen LogP contribution in [0.5, 0.6) is 0 Å². The van der Waals surface area contributed by atoms with Crippen LogP contribution in [0.2, 0.25) is 0 Å². The van der Waals surface area contributed by atoms with E-state index < -0.39 is 24.0 Å². The lowest BCUT2D eigenvalue weighted by Crippen LogP contribution is -2.44. The number of carboxylic acids is 1. The maximum absolute atomic E-state index is 12.4. The summed E-state index contributed by atoms with van der Waals surface area (Å²) in [6.07, 6.45) is -5.23. The molecule has 0 saturated carbocycles. The lowest BCUT2D eigenvalue weighted by molar-refractivity contribution is -0.234. The highest BCUT2D eigenvalue weighted by atomic mass is 19.4. The number of carboxylic acid groups (broad SMARTS) is 1. The molecular weight excluding hydrogens is 185 g/mol. The first-order valence-corrected chi connectivity index (χ1v) is 4.12. The van der Waals surface area contributed by atoms with E-state index >= 15 is 0 Å². The zero-order valence-electron chi connectivity index (χ0n) is 7.61. The third kappa shape index (κ3) is 2.14. The van der Waals surface area contributed by atoms with Crippen molar-refractivity contribution in [3.05, 3.63) is 0 Å². The molecule has 1 unspecified atom stereocenters. The number of carbonyl (C=O) groups is 1. The van der Waals surface area contributed by atoms with Gasteiger partial charge in [-0.1, -0.05) is 20.3 Å². The molecule has 0 aromatic carbocycles. The highest BCUT2D eigenvalue weighted by molar-refractivity contribution is 5.75. The summed E-state index contributed by atoms with van der Waals surface area (Å²) < 4.78 is 37.3. The summed E-state index contributed by atoms with van der Waals surface area (Å²) in [4.78, 5) is 10.6. The van der Waals surface area contributed by atoms with Gasteiger partial charge in [0.1, 0.15) is 0 Å². The van der Waals surface area contributed by atoms with Crippen molar-refractivity contribution in [2.24, 2.45) is 5.41 Å². The summed E-state index contributed by atoms with van der Waals surface area (Å²) in [5.74, 6) is -1.77. The second kappa shape index (κ2) is 3.98. The van der Waals surface area contributed by atoms with E-state index in [1.807, 2.05) is 0 Å².